The van der Waals surface area contributed by atoms with Crippen molar-refractivity contribution in [1.29, 1.82) is 0 Å². The van der Waals surface area contributed by atoms with E-state index in [1.54, 1.807) is 6.26 Å². The van der Waals surface area contributed by atoms with Crippen LogP contribution in [-0.2, 0) is 16.0 Å². The molecule has 0 spiro atoms. The SMILES string of the molecule is C[S+]([O-])c1ccc(C=C2C=C(CC(=O)NCCN3CCNCC3)c3ccccc32)cc1.Cc1c(C(=O)O)cc(F)cc1C(=O)O. The molecule has 4 N–H and O–H groups in total. The second-order valence-corrected chi connectivity index (χ2v) is 12.1. The lowest BCUT2D eigenvalue weighted by Crippen LogP contribution is -2.46. The zero-order chi connectivity index (χ0) is 32.5. The number of aromatic carboxylic acids is 2. The lowest BCUT2D eigenvalue weighted by molar-refractivity contribution is -0.120. The van der Waals surface area contributed by atoms with E-state index in [9.17, 15) is 23.3 Å². The number of benzene rings is 3. The van der Waals surface area contributed by atoms with Gasteiger partial charge in [-0.2, -0.15) is 0 Å². The Kier molecular flexibility index (Phi) is 11.7. The Hall–Kier alpha value is -4.29. The van der Waals surface area contributed by atoms with E-state index < -0.39 is 28.9 Å². The van der Waals surface area contributed by atoms with Crippen LogP contribution in [0.3, 0.4) is 0 Å². The molecule has 0 aromatic heterocycles. The largest absolute Gasteiger partial charge is 0.612 e. The van der Waals surface area contributed by atoms with Crippen LogP contribution in [0.1, 0.15) is 49.4 Å². The highest BCUT2D eigenvalue weighted by atomic mass is 32.2. The van der Waals surface area contributed by atoms with Gasteiger partial charge in [0.15, 0.2) is 4.90 Å². The van der Waals surface area contributed by atoms with Gasteiger partial charge in [-0.05, 0) is 100 Å². The van der Waals surface area contributed by atoms with E-state index in [4.69, 9.17) is 10.2 Å². The van der Waals surface area contributed by atoms with Crippen LogP contribution in [0.15, 0.2) is 71.6 Å². The maximum Gasteiger partial charge on any atom is 0.336 e. The van der Waals surface area contributed by atoms with Crippen molar-refractivity contribution < 1.29 is 33.5 Å². The van der Waals surface area contributed by atoms with Gasteiger partial charge in [0.1, 0.15) is 12.1 Å². The van der Waals surface area contributed by atoms with E-state index in [0.29, 0.717) is 13.0 Å². The molecular formula is C34H36FN3O6S. The molecule has 1 saturated heterocycles. The number of carbonyl (C=O) groups excluding carboxylic acids is 1. The molecule has 1 amide bonds. The highest BCUT2D eigenvalue weighted by molar-refractivity contribution is 7.90. The van der Waals surface area contributed by atoms with E-state index in [0.717, 1.165) is 77.6 Å². The number of hydrogen-bond donors (Lipinski definition) is 4. The molecule has 2 aliphatic rings. The second-order valence-electron chi connectivity index (χ2n) is 10.7. The summed E-state index contributed by atoms with van der Waals surface area (Å²) in [7, 11) is 0. The molecule has 0 bridgehead atoms. The minimum absolute atomic E-state index is 0.0476. The van der Waals surface area contributed by atoms with Gasteiger partial charge < -0.3 is 25.4 Å². The molecule has 3 aromatic carbocycles. The minimum atomic E-state index is -1.34. The van der Waals surface area contributed by atoms with E-state index in [2.05, 4.69) is 39.8 Å². The zero-order valence-electron chi connectivity index (χ0n) is 25.1. The topological polar surface area (TPSA) is 142 Å². The molecule has 3 aromatic rings. The summed E-state index contributed by atoms with van der Waals surface area (Å²) in [5, 5.41) is 23.7. The van der Waals surface area contributed by atoms with Crippen LogP contribution in [0.4, 0.5) is 4.39 Å². The van der Waals surface area contributed by atoms with Gasteiger partial charge in [0.25, 0.3) is 0 Å². The number of nitrogens with one attached hydrogen (secondary N) is 2. The van der Waals surface area contributed by atoms with Crippen LogP contribution in [0.5, 0.6) is 0 Å². The van der Waals surface area contributed by atoms with Crippen LogP contribution in [0.25, 0.3) is 17.2 Å². The normalized spacial score (nSPS) is 15.8. The molecule has 9 nitrogen and oxygen atoms in total. The molecule has 1 heterocycles. The van der Waals surface area contributed by atoms with Gasteiger partial charge >= 0.3 is 11.9 Å². The number of amides is 1. The van der Waals surface area contributed by atoms with Crippen molar-refractivity contribution in [2.24, 2.45) is 0 Å². The molecule has 1 unspecified atom stereocenters. The number of carboxylic acids is 2. The monoisotopic (exact) mass is 633 g/mol. The average molecular weight is 634 g/mol. The number of carbonyl (C=O) groups is 3. The van der Waals surface area contributed by atoms with Gasteiger partial charge in [-0.15, -0.1) is 0 Å². The van der Waals surface area contributed by atoms with E-state index in [1.807, 2.05) is 36.4 Å². The standard InChI is InChI=1S/C25H29N3O2S.C9H7FO4/c1-31(30)22-8-6-19(7-9-22)16-20-17-21(24-5-3-2-4-23(20)24)18-25(29)27-12-15-28-13-10-26-11-14-28;1-4-6(8(11)12)2-5(10)3-7(4)9(13)14/h2-9,16-17,26H,10-15,18H2,1H3,(H,27,29);2-3H,1H3,(H,11,12)(H,13,14). The molecule has 11 heteroatoms. The maximum atomic E-state index is 12.8. The Morgan fingerprint density at radius 3 is 2.18 bits per heavy atom. The fourth-order valence-electron chi connectivity index (χ4n) is 5.21. The maximum absolute atomic E-state index is 12.8. The van der Waals surface area contributed by atoms with Crippen molar-refractivity contribution in [3.63, 3.8) is 0 Å². The molecule has 1 atom stereocenters. The van der Waals surface area contributed by atoms with Gasteiger partial charge in [0.05, 0.1) is 17.5 Å². The Balaban J connectivity index is 0.000000276. The van der Waals surface area contributed by atoms with Crippen LogP contribution in [0.2, 0.25) is 0 Å². The summed E-state index contributed by atoms with van der Waals surface area (Å²) < 4.78 is 24.4. The molecule has 0 saturated carbocycles. The van der Waals surface area contributed by atoms with E-state index >= 15 is 0 Å². The number of rotatable bonds is 9. The molecule has 5 rings (SSSR count). The van der Waals surface area contributed by atoms with Gasteiger partial charge in [-0.1, -0.05) is 24.3 Å². The van der Waals surface area contributed by atoms with Gasteiger partial charge in [-0.3, -0.25) is 9.69 Å². The third-order valence-corrected chi connectivity index (χ3v) is 8.53. The summed E-state index contributed by atoms with van der Waals surface area (Å²) in [5.74, 6) is -3.49. The van der Waals surface area contributed by atoms with Gasteiger partial charge in [0.2, 0.25) is 5.91 Å². The molecule has 1 aliphatic carbocycles. The first-order chi connectivity index (χ1) is 21.5. The Labute approximate surface area is 264 Å². The number of carboxylic acid groups (broad SMARTS) is 2. The van der Waals surface area contributed by atoms with Gasteiger partial charge in [0, 0.05) is 39.3 Å². The lowest BCUT2D eigenvalue weighted by atomic mass is 10.0. The van der Waals surface area contributed by atoms with Crippen molar-refractivity contribution in [3.8, 4) is 0 Å². The predicted octanol–water partition coefficient (Wildman–Crippen LogP) is 4.30. The van der Waals surface area contributed by atoms with Crippen LogP contribution < -0.4 is 10.6 Å². The molecule has 1 fully saturated rings. The first kappa shape index (κ1) is 33.6. The van der Waals surface area contributed by atoms with E-state index in [-0.39, 0.29) is 22.6 Å². The average Bonchev–Trinajstić information content (AvgIpc) is 3.35. The van der Waals surface area contributed by atoms with Crippen LogP contribution >= 0.6 is 0 Å². The van der Waals surface area contributed by atoms with E-state index in [1.165, 1.54) is 6.92 Å². The highest BCUT2D eigenvalue weighted by Crippen LogP contribution is 2.38. The molecule has 45 heavy (non-hydrogen) atoms. The number of fused-ring (bicyclic) bond motifs is 1. The van der Waals surface area contributed by atoms with Crippen LogP contribution in [-0.4, -0.2) is 83.0 Å². The summed E-state index contributed by atoms with van der Waals surface area (Å²) in [5.41, 5.74) is 4.86. The fourth-order valence-corrected chi connectivity index (χ4v) is 5.73. The number of allylic oxidation sites excluding steroid dienone is 2. The number of halogens is 1. The summed E-state index contributed by atoms with van der Waals surface area (Å²) >= 11 is -0.978. The van der Waals surface area contributed by atoms with Crippen LogP contribution in [0, 0.1) is 12.7 Å². The highest BCUT2D eigenvalue weighted by Gasteiger charge is 2.20. The lowest BCUT2D eigenvalue weighted by Gasteiger charge is -2.27. The molecule has 0 radical (unpaired) electrons. The third kappa shape index (κ3) is 9.11. The number of nitrogens with zero attached hydrogens (tertiary/aromatic N) is 1. The summed E-state index contributed by atoms with van der Waals surface area (Å²) in [6.07, 6.45) is 6.30. The Morgan fingerprint density at radius 1 is 1.00 bits per heavy atom. The molecule has 1 aliphatic heterocycles. The minimum Gasteiger partial charge on any atom is -0.612 e. The Bertz CT molecular complexity index is 1580. The first-order valence-electron chi connectivity index (χ1n) is 14.5. The quantitative estimate of drug-likeness (QED) is 0.256. The van der Waals surface area contributed by atoms with Crippen molar-refractivity contribution in [1.82, 2.24) is 15.5 Å². The zero-order valence-corrected chi connectivity index (χ0v) is 26.0. The summed E-state index contributed by atoms with van der Waals surface area (Å²) in [6, 6.07) is 17.6. The predicted molar refractivity (Wildman–Crippen MR) is 173 cm³/mol. The number of piperazine rings is 1. The first-order valence-corrected chi connectivity index (χ1v) is 16.0. The number of hydrogen-bond acceptors (Lipinski definition) is 6. The van der Waals surface area contributed by atoms with Crippen molar-refractivity contribution in [2.45, 2.75) is 18.2 Å². The smallest absolute Gasteiger partial charge is 0.336 e. The molecular weight excluding hydrogens is 597 g/mol. The van der Waals surface area contributed by atoms with Gasteiger partial charge in [-0.25, -0.2) is 14.0 Å². The van der Waals surface area contributed by atoms with Crippen molar-refractivity contribution >= 4 is 46.2 Å². The summed E-state index contributed by atoms with van der Waals surface area (Å²) in [4.78, 5) is 37.0. The summed E-state index contributed by atoms with van der Waals surface area (Å²) in [6.45, 7) is 7.02. The van der Waals surface area contributed by atoms with Crippen molar-refractivity contribution in [2.75, 3.05) is 45.5 Å². The Morgan fingerprint density at radius 2 is 1.60 bits per heavy atom. The third-order valence-electron chi connectivity index (χ3n) is 7.59. The molecule has 236 valence electrons. The van der Waals surface area contributed by atoms with Crippen molar-refractivity contribution in [3.05, 3.63) is 106 Å². The second kappa shape index (κ2) is 15.6. The fraction of sp³-hybridized carbons (Fsp3) is 0.265.